The molecular weight excluding hydrogens is 271 g/mol. The zero-order valence-corrected chi connectivity index (χ0v) is 11.3. The number of hydrogen-bond donors (Lipinski definition) is 2. The van der Waals surface area contributed by atoms with Crippen LogP contribution in [0.15, 0.2) is 35.1 Å². The maximum absolute atomic E-state index is 11.8. The summed E-state index contributed by atoms with van der Waals surface area (Å²) in [6, 6.07) is 8.91. The highest BCUT2D eigenvalue weighted by Crippen LogP contribution is 2.27. The lowest BCUT2D eigenvalue weighted by atomic mass is 10.1. The van der Waals surface area contributed by atoms with Crippen LogP contribution < -0.4 is 10.9 Å². The van der Waals surface area contributed by atoms with Gasteiger partial charge in [-0.15, -0.1) is 0 Å². The standard InChI is InChI=1S/C13H12Cl2N2O/c1-16-7-9-3-5-12(17-13(9)18)8-2-4-10(14)11(15)6-8/h2-6,16H,7H2,1H3,(H,17,18). The Kier molecular flexibility index (Phi) is 4.07. The summed E-state index contributed by atoms with van der Waals surface area (Å²) in [6.07, 6.45) is 0. The largest absolute Gasteiger partial charge is 0.322 e. The first-order valence-electron chi connectivity index (χ1n) is 5.44. The monoisotopic (exact) mass is 282 g/mol. The summed E-state index contributed by atoms with van der Waals surface area (Å²) in [5.74, 6) is 0. The van der Waals surface area contributed by atoms with Crippen LogP contribution in [0.2, 0.25) is 10.0 Å². The number of hydrogen-bond acceptors (Lipinski definition) is 2. The third-order valence-electron chi connectivity index (χ3n) is 2.59. The van der Waals surface area contributed by atoms with Gasteiger partial charge in [-0.3, -0.25) is 4.79 Å². The van der Waals surface area contributed by atoms with E-state index in [-0.39, 0.29) is 5.56 Å². The Labute approximate surface area is 115 Å². The molecule has 2 rings (SSSR count). The lowest BCUT2D eigenvalue weighted by Crippen LogP contribution is -2.18. The van der Waals surface area contributed by atoms with E-state index >= 15 is 0 Å². The molecule has 0 spiro atoms. The molecule has 3 nitrogen and oxygen atoms in total. The molecule has 94 valence electrons. The van der Waals surface area contributed by atoms with Crippen molar-refractivity contribution in [3.63, 3.8) is 0 Å². The Morgan fingerprint density at radius 1 is 1.17 bits per heavy atom. The third kappa shape index (κ3) is 2.75. The van der Waals surface area contributed by atoms with Crippen molar-refractivity contribution < 1.29 is 0 Å². The van der Waals surface area contributed by atoms with Crippen LogP contribution in [0.3, 0.4) is 0 Å². The Balaban J connectivity index is 2.42. The van der Waals surface area contributed by atoms with Crippen LogP contribution in [-0.2, 0) is 6.54 Å². The first kappa shape index (κ1) is 13.1. The lowest BCUT2D eigenvalue weighted by Gasteiger charge is -2.05. The molecule has 0 fully saturated rings. The number of pyridine rings is 1. The fourth-order valence-electron chi connectivity index (χ4n) is 1.67. The van der Waals surface area contributed by atoms with Gasteiger partial charge in [0.1, 0.15) is 0 Å². The molecule has 0 aliphatic heterocycles. The summed E-state index contributed by atoms with van der Waals surface area (Å²) in [7, 11) is 1.80. The highest BCUT2D eigenvalue weighted by atomic mass is 35.5. The quantitative estimate of drug-likeness (QED) is 0.909. The van der Waals surface area contributed by atoms with Crippen molar-refractivity contribution in [2.24, 2.45) is 0 Å². The number of rotatable bonds is 3. The lowest BCUT2D eigenvalue weighted by molar-refractivity contribution is 0.805. The van der Waals surface area contributed by atoms with Crippen molar-refractivity contribution in [3.8, 4) is 11.3 Å². The topological polar surface area (TPSA) is 44.9 Å². The number of aromatic nitrogens is 1. The predicted octanol–water partition coefficient (Wildman–Crippen LogP) is 3.07. The number of benzene rings is 1. The predicted molar refractivity (Wildman–Crippen MR) is 75.3 cm³/mol. The average Bonchev–Trinajstić information content (AvgIpc) is 2.35. The molecule has 0 bridgehead atoms. The third-order valence-corrected chi connectivity index (χ3v) is 3.33. The maximum Gasteiger partial charge on any atom is 0.252 e. The number of halogens is 2. The van der Waals surface area contributed by atoms with Crippen LogP contribution in [0.25, 0.3) is 11.3 Å². The highest BCUT2D eigenvalue weighted by Gasteiger charge is 2.05. The molecule has 1 aromatic carbocycles. The molecule has 1 aromatic heterocycles. The molecule has 0 aliphatic carbocycles. The van der Waals surface area contributed by atoms with Gasteiger partial charge in [-0.2, -0.15) is 0 Å². The summed E-state index contributed by atoms with van der Waals surface area (Å²) in [5.41, 5.74) is 2.14. The van der Waals surface area contributed by atoms with Crippen LogP contribution in [0.1, 0.15) is 5.56 Å². The molecule has 0 saturated carbocycles. The van der Waals surface area contributed by atoms with Crippen LogP contribution in [0, 0.1) is 0 Å². The summed E-state index contributed by atoms with van der Waals surface area (Å²) in [5, 5.41) is 3.90. The van der Waals surface area contributed by atoms with Gasteiger partial charge < -0.3 is 10.3 Å². The minimum Gasteiger partial charge on any atom is -0.322 e. The van der Waals surface area contributed by atoms with Gasteiger partial charge in [0.2, 0.25) is 0 Å². The molecule has 0 amide bonds. The molecule has 18 heavy (non-hydrogen) atoms. The summed E-state index contributed by atoms with van der Waals surface area (Å²) in [4.78, 5) is 14.6. The minimum atomic E-state index is -0.104. The van der Waals surface area contributed by atoms with Gasteiger partial charge in [0.15, 0.2) is 0 Å². The van der Waals surface area contributed by atoms with E-state index in [2.05, 4.69) is 10.3 Å². The number of nitrogens with one attached hydrogen (secondary N) is 2. The van der Waals surface area contributed by atoms with Crippen molar-refractivity contribution in [1.82, 2.24) is 10.3 Å². The van der Waals surface area contributed by atoms with Crippen molar-refractivity contribution in [1.29, 1.82) is 0 Å². The summed E-state index contributed by atoms with van der Waals surface area (Å²) >= 11 is 11.8. The van der Waals surface area contributed by atoms with E-state index in [1.807, 2.05) is 12.1 Å². The molecule has 0 saturated heterocycles. The Morgan fingerprint density at radius 3 is 2.56 bits per heavy atom. The van der Waals surface area contributed by atoms with Crippen LogP contribution in [0.4, 0.5) is 0 Å². The molecular formula is C13H12Cl2N2O. The first-order chi connectivity index (χ1) is 8.61. The second kappa shape index (κ2) is 5.57. The van der Waals surface area contributed by atoms with Crippen LogP contribution in [0.5, 0.6) is 0 Å². The molecule has 2 N–H and O–H groups in total. The van der Waals surface area contributed by atoms with E-state index in [0.717, 1.165) is 11.3 Å². The van der Waals surface area contributed by atoms with Crippen molar-refractivity contribution in [3.05, 3.63) is 56.3 Å². The van der Waals surface area contributed by atoms with Gasteiger partial charge >= 0.3 is 0 Å². The zero-order valence-electron chi connectivity index (χ0n) is 9.76. The molecule has 0 unspecified atom stereocenters. The van der Waals surface area contributed by atoms with Crippen LogP contribution >= 0.6 is 23.2 Å². The van der Waals surface area contributed by atoms with Crippen molar-refractivity contribution in [2.75, 3.05) is 7.05 Å². The smallest absolute Gasteiger partial charge is 0.252 e. The van der Waals surface area contributed by atoms with E-state index in [0.29, 0.717) is 22.2 Å². The van der Waals surface area contributed by atoms with E-state index in [9.17, 15) is 4.79 Å². The van der Waals surface area contributed by atoms with Crippen LogP contribution in [-0.4, -0.2) is 12.0 Å². The minimum absolute atomic E-state index is 0.104. The van der Waals surface area contributed by atoms with Gasteiger partial charge in [-0.05, 0) is 30.8 Å². The van der Waals surface area contributed by atoms with Gasteiger partial charge in [-0.1, -0.05) is 35.3 Å². The first-order valence-corrected chi connectivity index (χ1v) is 6.19. The van der Waals surface area contributed by atoms with Gasteiger partial charge in [-0.25, -0.2) is 0 Å². The zero-order chi connectivity index (χ0) is 13.1. The van der Waals surface area contributed by atoms with Gasteiger partial charge in [0.25, 0.3) is 5.56 Å². The Morgan fingerprint density at radius 2 is 1.94 bits per heavy atom. The fraction of sp³-hybridized carbons (Fsp3) is 0.154. The van der Waals surface area contributed by atoms with E-state index in [1.165, 1.54) is 0 Å². The molecule has 0 aliphatic rings. The van der Waals surface area contributed by atoms with Crippen molar-refractivity contribution in [2.45, 2.75) is 6.54 Å². The Hall–Kier alpha value is -1.29. The number of aromatic amines is 1. The molecule has 0 radical (unpaired) electrons. The number of H-pyrrole nitrogens is 1. The summed E-state index contributed by atoms with van der Waals surface area (Å²) in [6.45, 7) is 0.539. The molecule has 5 heteroatoms. The maximum atomic E-state index is 11.8. The summed E-state index contributed by atoms with van der Waals surface area (Å²) < 4.78 is 0. The molecule has 2 aromatic rings. The SMILES string of the molecule is CNCc1ccc(-c2ccc(Cl)c(Cl)c2)[nH]c1=O. The molecule has 1 heterocycles. The van der Waals surface area contributed by atoms with E-state index < -0.39 is 0 Å². The van der Waals surface area contributed by atoms with Gasteiger partial charge in [0.05, 0.1) is 10.0 Å². The highest BCUT2D eigenvalue weighted by molar-refractivity contribution is 6.42. The molecule has 0 atom stereocenters. The second-order valence-corrected chi connectivity index (χ2v) is 4.70. The Bertz CT molecular complexity index is 623. The average molecular weight is 283 g/mol. The fourth-order valence-corrected chi connectivity index (χ4v) is 1.96. The second-order valence-electron chi connectivity index (χ2n) is 3.89. The van der Waals surface area contributed by atoms with E-state index in [4.69, 9.17) is 23.2 Å². The van der Waals surface area contributed by atoms with Gasteiger partial charge in [0, 0.05) is 17.8 Å². The van der Waals surface area contributed by atoms with Crippen molar-refractivity contribution >= 4 is 23.2 Å². The van der Waals surface area contributed by atoms with E-state index in [1.54, 1.807) is 25.2 Å². The normalized spacial score (nSPS) is 10.6.